The fraction of sp³-hybridized carbons (Fsp3) is 0.933. The van der Waals surface area contributed by atoms with E-state index in [-0.39, 0.29) is 11.5 Å². The molecule has 6 rings (SSSR count). The van der Waals surface area contributed by atoms with E-state index in [0.717, 1.165) is 35.5 Å². The molecule has 0 aromatic carbocycles. The van der Waals surface area contributed by atoms with Crippen LogP contribution >= 0.6 is 0 Å². The van der Waals surface area contributed by atoms with Crippen LogP contribution in [0.3, 0.4) is 0 Å². The first-order valence-corrected chi connectivity index (χ1v) is 14.8. The third-order valence-corrected chi connectivity index (χ3v) is 13.0. The Bertz CT molecular complexity index is 821. The van der Waals surface area contributed by atoms with Crippen molar-refractivity contribution in [3.05, 3.63) is 11.6 Å². The van der Waals surface area contributed by atoms with Gasteiger partial charge in [-0.2, -0.15) is 0 Å². The molecule has 0 radical (unpaired) electrons. The molecule has 34 heavy (non-hydrogen) atoms. The summed E-state index contributed by atoms with van der Waals surface area (Å²) in [5.41, 5.74) is 2.39. The van der Waals surface area contributed by atoms with Crippen LogP contribution in [0.4, 0.5) is 0 Å². The lowest BCUT2D eigenvalue weighted by molar-refractivity contribution is -0.923. The third-order valence-electron chi connectivity index (χ3n) is 13.0. The minimum absolute atomic E-state index is 0.126. The van der Waals surface area contributed by atoms with Crippen LogP contribution in [0.1, 0.15) is 71.6 Å². The van der Waals surface area contributed by atoms with E-state index >= 15 is 0 Å². The molecular weight excluding hydrogens is 418 g/mol. The number of fused-ring (bicyclic) bond motifs is 5. The summed E-state index contributed by atoms with van der Waals surface area (Å²) in [6.07, 6.45) is 14.8. The Hall–Kier alpha value is -0.420. The van der Waals surface area contributed by atoms with Crippen LogP contribution in [0.2, 0.25) is 0 Å². The number of aliphatic hydroxyl groups is 1. The van der Waals surface area contributed by atoms with Crippen molar-refractivity contribution < 1.29 is 14.1 Å². The van der Waals surface area contributed by atoms with E-state index < -0.39 is 0 Å². The summed E-state index contributed by atoms with van der Waals surface area (Å²) in [5, 5.41) is 11.7. The molecule has 4 nitrogen and oxygen atoms in total. The Labute approximate surface area is 209 Å². The Morgan fingerprint density at radius 1 is 0.941 bits per heavy atom. The molecule has 5 fully saturated rings. The lowest BCUT2D eigenvalue weighted by Crippen LogP contribution is -2.59. The fourth-order valence-electron chi connectivity index (χ4n) is 10.3. The van der Waals surface area contributed by atoms with Crippen molar-refractivity contribution in [1.82, 2.24) is 4.90 Å². The van der Waals surface area contributed by atoms with Gasteiger partial charge in [0.2, 0.25) is 0 Å². The van der Waals surface area contributed by atoms with Gasteiger partial charge in [0.1, 0.15) is 0 Å². The van der Waals surface area contributed by atoms with E-state index in [1.165, 1.54) is 88.4 Å². The molecule has 4 aliphatic carbocycles. The largest absolute Gasteiger partial charge is 0.391 e. The highest BCUT2D eigenvalue weighted by Gasteiger charge is 2.62. The molecule has 0 spiro atoms. The van der Waals surface area contributed by atoms with Gasteiger partial charge in [0.05, 0.1) is 59.5 Å². The van der Waals surface area contributed by atoms with Gasteiger partial charge in [0.25, 0.3) is 0 Å². The Balaban J connectivity index is 1.22. The molecule has 0 unspecified atom stereocenters. The summed E-state index contributed by atoms with van der Waals surface area (Å²) in [5.74, 6) is 2.33. The van der Waals surface area contributed by atoms with Crippen LogP contribution in [-0.4, -0.2) is 97.6 Å². The van der Waals surface area contributed by atoms with E-state index in [4.69, 9.17) is 0 Å². The van der Waals surface area contributed by atoms with Gasteiger partial charge in [-0.15, -0.1) is 0 Å². The topological polar surface area (TPSA) is 23.5 Å². The molecule has 2 heterocycles. The highest BCUT2D eigenvalue weighted by atomic mass is 16.3. The maximum Gasteiger partial charge on any atom is 0.0926 e. The molecule has 0 amide bonds. The SMILES string of the molecule is C[C@]12CC[C@H]3[C@@H](CC=C4C[C@@H]([N+]5(C)CCCC5)CC[C@@]43C)[C@@H]1C[C@H](N1CC[N+](C)(C)CC1)[C@@H]2O. The molecule has 3 saturated carbocycles. The summed E-state index contributed by atoms with van der Waals surface area (Å²) in [7, 11) is 7.28. The van der Waals surface area contributed by atoms with Gasteiger partial charge < -0.3 is 14.1 Å². The van der Waals surface area contributed by atoms with E-state index in [1.54, 1.807) is 0 Å². The lowest BCUT2D eigenvalue weighted by Gasteiger charge is -2.58. The van der Waals surface area contributed by atoms with E-state index in [1.807, 2.05) is 5.57 Å². The normalized spacial score (nSPS) is 50.2. The first kappa shape index (κ1) is 23.9. The summed E-state index contributed by atoms with van der Waals surface area (Å²) in [4.78, 5) is 2.68. The Morgan fingerprint density at radius 3 is 2.35 bits per heavy atom. The van der Waals surface area contributed by atoms with Crippen LogP contribution in [-0.2, 0) is 0 Å². The van der Waals surface area contributed by atoms with Gasteiger partial charge in [0.15, 0.2) is 0 Å². The Morgan fingerprint density at radius 2 is 1.65 bits per heavy atom. The van der Waals surface area contributed by atoms with Crippen LogP contribution < -0.4 is 0 Å². The van der Waals surface area contributed by atoms with E-state index in [9.17, 15) is 5.11 Å². The first-order chi connectivity index (χ1) is 16.1. The zero-order valence-electron chi connectivity index (χ0n) is 22.9. The summed E-state index contributed by atoms with van der Waals surface area (Å²) in [6, 6.07) is 1.26. The third kappa shape index (κ3) is 3.52. The number of aliphatic hydroxyl groups excluding tert-OH is 1. The highest BCUT2D eigenvalue weighted by molar-refractivity contribution is 5.26. The molecule has 2 saturated heterocycles. The van der Waals surface area contributed by atoms with Crippen molar-refractivity contribution in [2.75, 3.05) is 60.4 Å². The number of nitrogens with zero attached hydrogens (tertiary/aromatic N) is 3. The second-order valence-electron chi connectivity index (χ2n) is 15.0. The maximum absolute atomic E-state index is 11.7. The average Bonchev–Trinajstić information content (AvgIpc) is 3.35. The smallest absolute Gasteiger partial charge is 0.0926 e. The number of allylic oxidation sites excluding steroid dienone is 1. The van der Waals surface area contributed by atoms with Crippen LogP contribution in [0.25, 0.3) is 0 Å². The molecule has 8 atom stereocenters. The number of quaternary nitrogens is 2. The van der Waals surface area contributed by atoms with Gasteiger partial charge in [-0.3, -0.25) is 4.90 Å². The molecule has 1 N–H and O–H groups in total. The van der Waals surface area contributed by atoms with E-state index in [0.29, 0.717) is 17.4 Å². The minimum atomic E-state index is -0.138. The fourth-order valence-corrected chi connectivity index (χ4v) is 10.3. The van der Waals surface area contributed by atoms with Crippen molar-refractivity contribution in [3.63, 3.8) is 0 Å². The number of likely N-dealkylation sites (tertiary alicyclic amines) is 1. The quantitative estimate of drug-likeness (QED) is 0.480. The van der Waals surface area contributed by atoms with Gasteiger partial charge in [-0.25, -0.2) is 0 Å². The molecular formula is C30H53N3O+2. The average molecular weight is 472 g/mol. The first-order valence-electron chi connectivity index (χ1n) is 14.8. The van der Waals surface area contributed by atoms with Crippen molar-refractivity contribution in [1.29, 1.82) is 0 Å². The van der Waals surface area contributed by atoms with Crippen LogP contribution in [0, 0.1) is 28.6 Å². The minimum Gasteiger partial charge on any atom is -0.391 e. The number of rotatable bonds is 2. The summed E-state index contributed by atoms with van der Waals surface area (Å²) >= 11 is 0. The Kier molecular flexibility index (Phi) is 5.66. The molecule has 192 valence electrons. The van der Waals surface area contributed by atoms with Gasteiger partial charge >= 0.3 is 0 Å². The van der Waals surface area contributed by atoms with Crippen molar-refractivity contribution in [3.8, 4) is 0 Å². The molecule has 0 bridgehead atoms. The van der Waals surface area contributed by atoms with Gasteiger partial charge in [-0.05, 0) is 60.7 Å². The van der Waals surface area contributed by atoms with Crippen LogP contribution in [0.15, 0.2) is 11.6 Å². The number of hydrogen-bond acceptors (Lipinski definition) is 2. The van der Waals surface area contributed by atoms with E-state index in [2.05, 4.69) is 46.0 Å². The summed E-state index contributed by atoms with van der Waals surface area (Å²) < 4.78 is 2.48. The standard InChI is InChI=1S/C30H53N3O/c1-29-12-10-23(33(5)16-6-7-17-33)20-22(29)8-9-24-25(29)11-13-30(2)26(24)21-27(28(30)34)31-14-18-32(3,4)19-15-31/h8,23-28,34H,6-7,9-21H2,1-5H3/q+2/t23-,24+,25-,26-,27-,28-,29-,30-/m0/s1. The lowest BCUT2D eigenvalue weighted by atomic mass is 9.47. The second kappa shape index (κ2) is 8.04. The summed E-state index contributed by atoms with van der Waals surface area (Å²) in [6.45, 7) is 12.7. The second-order valence-corrected chi connectivity index (χ2v) is 15.0. The number of hydrogen-bond donors (Lipinski definition) is 1. The predicted octanol–water partition coefficient (Wildman–Crippen LogP) is 4.29. The molecule has 0 aromatic heterocycles. The van der Waals surface area contributed by atoms with Crippen LogP contribution in [0.5, 0.6) is 0 Å². The zero-order chi connectivity index (χ0) is 23.9. The van der Waals surface area contributed by atoms with Crippen molar-refractivity contribution >= 4 is 0 Å². The number of likely N-dealkylation sites (N-methyl/N-ethyl adjacent to an activating group) is 1. The van der Waals surface area contributed by atoms with Crippen molar-refractivity contribution in [2.24, 2.45) is 28.6 Å². The van der Waals surface area contributed by atoms with Gasteiger partial charge in [0, 0.05) is 44.8 Å². The molecule has 2 aliphatic heterocycles. The predicted molar refractivity (Wildman–Crippen MR) is 139 cm³/mol. The molecule has 4 heteroatoms. The maximum atomic E-state index is 11.7. The molecule has 6 aliphatic rings. The zero-order valence-corrected chi connectivity index (χ0v) is 22.9. The van der Waals surface area contributed by atoms with Gasteiger partial charge in [-0.1, -0.05) is 25.5 Å². The molecule has 0 aromatic rings. The van der Waals surface area contributed by atoms with Crippen molar-refractivity contribution in [2.45, 2.75) is 89.8 Å². The highest BCUT2D eigenvalue weighted by Crippen LogP contribution is 2.65. The number of piperazine rings is 1. The monoisotopic (exact) mass is 471 g/mol.